The number of aromatic nitrogens is 2. The summed E-state index contributed by atoms with van der Waals surface area (Å²) in [6.45, 7) is 0. The first-order chi connectivity index (χ1) is 12.4. The predicted molar refractivity (Wildman–Crippen MR) is 93.6 cm³/mol. The van der Waals surface area contributed by atoms with Crippen LogP contribution >= 0.6 is 11.6 Å². The standard InChI is InChI=1S/C18H19ClFN3O3/c19-13-6-5-11(9-14(13)20)16(10-17(24)25)21-18(26)15-7-8-23(22-15)12-3-1-2-4-12/h5-9,12,16H,1-4,10H2,(H,21,26)(H,24,25). The lowest BCUT2D eigenvalue weighted by Crippen LogP contribution is -2.30. The SMILES string of the molecule is O=C(O)CC(NC(=O)c1ccn(C2CCCC2)n1)c1ccc(Cl)c(F)c1. The summed E-state index contributed by atoms with van der Waals surface area (Å²) in [6.07, 6.45) is 5.75. The van der Waals surface area contributed by atoms with Crippen LogP contribution in [0.15, 0.2) is 30.5 Å². The van der Waals surface area contributed by atoms with Gasteiger partial charge in [0.15, 0.2) is 0 Å². The third-order valence-corrected chi connectivity index (χ3v) is 4.88. The van der Waals surface area contributed by atoms with Gasteiger partial charge in [-0.2, -0.15) is 5.10 Å². The second-order valence-electron chi connectivity index (χ2n) is 6.42. The molecule has 8 heteroatoms. The largest absolute Gasteiger partial charge is 0.481 e. The quantitative estimate of drug-likeness (QED) is 0.800. The number of nitrogens with zero attached hydrogens (tertiary/aromatic N) is 2. The summed E-state index contributed by atoms with van der Waals surface area (Å²) in [5, 5.41) is 16.0. The van der Waals surface area contributed by atoms with Crippen LogP contribution in [-0.2, 0) is 4.79 Å². The molecule has 138 valence electrons. The molecular formula is C18H19ClFN3O3. The van der Waals surface area contributed by atoms with E-state index >= 15 is 0 Å². The van der Waals surface area contributed by atoms with Crippen molar-refractivity contribution in [2.24, 2.45) is 0 Å². The molecule has 26 heavy (non-hydrogen) atoms. The van der Waals surface area contributed by atoms with E-state index in [1.54, 1.807) is 16.9 Å². The molecule has 2 aromatic rings. The molecule has 1 aromatic heterocycles. The number of carbonyl (C=O) groups excluding carboxylic acids is 1. The van der Waals surface area contributed by atoms with Gasteiger partial charge in [0.1, 0.15) is 11.5 Å². The van der Waals surface area contributed by atoms with Crippen molar-refractivity contribution in [2.75, 3.05) is 0 Å². The van der Waals surface area contributed by atoms with E-state index in [1.807, 2.05) is 0 Å². The molecule has 0 spiro atoms. The van der Waals surface area contributed by atoms with Crippen LogP contribution in [0.5, 0.6) is 0 Å². The van der Waals surface area contributed by atoms with Gasteiger partial charge in [0.05, 0.1) is 23.5 Å². The Morgan fingerprint density at radius 2 is 2.08 bits per heavy atom. The van der Waals surface area contributed by atoms with Crippen molar-refractivity contribution in [3.63, 3.8) is 0 Å². The summed E-state index contributed by atoms with van der Waals surface area (Å²) < 4.78 is 15.5. The highest BCUT2D eigenvalue weighted by molar-refractivity contribution is 6.30. The zero-order valence-corrected chi connectivity index (χ0v) is 14.7. The highest BCUT2D eigenvalue weighted by Gasteiger charge is 2.23. The third kappa shape index (κ3) is 4.22. The Bertz CT molecular complexity index is 818. The van der Waals surface area contributed by atoms with Crippen LogP contribution in [0.3, 0.4) is 0 Å². The fourth-order valence-electron chi connectivity index (χ4n) is 3.22. The number of aliphatic carboxylic acids is 1. The van der Waals surface area contributed by atoms with Crippen LogP contribution in [0.4, 0.5) is 4.39 Å². The Kier molecular flexibility index (Phi) is 5.56. The lowest BCUT2D eigenvalue weighted by atomic mass is 10.0. The van der Waals surface area contributed by atoms with Gasteiger partial charge < -0.3 is 10.4 Å². The van der Waals surface area contributed by atoms with Gasteiger partial charge >= 0.3 is 5.97 Å². The van der Waals surface area contributed by atoms with E-state index in [0.29, 0.717) is 11.6 Å². The summed E-state index contributed by atoms with van der Waals surface area (Å²) in [6, 6.07) is 4.99. The first-order valence-electron chi connectivity index (χ1n) is 8.47. The fourth-order valence-corrected chi connectivity index (χ4v) is 3.34. The van der Waals surface area contributed by atoms with Crippen LogP contribution in [0.2, 0.25) is 5.02 Å². The van der Waals surface area contributed by atoms with E-state index < -0.39 is 23.7 Å². The molecule has 1 aliphatic carbocycles. The molecule has 0 radical (unpaired) electrons. The second-order valence-corrected chi connectivity index (χ2v) is 6.82. The molecule has 6 nitrogen and oxygen atoms in total. The average Bonchev–Trinajstić information content (AvgIpc) is 3.27. The molecule has 0 aliphatic heterocycles. The van der Waals surface area contributed by atoms with Crippen LogP contribution < -0.4 is 5.32 Å². The minimum atomic E-state index is -1.11. The van der Waals surface area contributed by atoms with Crippen LogP contribution in [0.1, 0.15) is 60.2 Å². The molecule has 1 atom stereocenters. The molecule has 3 rings (SSSR count). The molecule has 1 aromatic carbocycles. The molecule has 0 bridgehead atoms. The molecule has 1 unspecified atom stereocenters. The molecule has 1 fully saturated rings. The Hall–Kier alpha value is -2.41. The summed E-state index contributed by atoms with van der Waals surface area (Å²) in [5.41, 5.74) is 0.541. The Morgan fingerprint density at radius 1 is 1.35 bits per heavy atom. The fraction of sp³-hybridized carbons (Fsp3) is 0.389. The normalized spacial score (nSPS) is 15.8. The molecule has 1 aliphatic rings. The van der Waals surface area contributed by atoms with Gasteiger partial charge in [0.2, 0.25) is 0 Å². The second kappa shape index (κ2) is 7.86. The van der Waals surface area contributed by atoms with E-state index in [1.165, 1.54) is 12.1 Å². The van der Waals surface area contributed by atoms with Crippen molar-refractivity contribution in [3.8, 4) is 0 Å². The van der Waals surface area contributed by atoms with Crippen molar-refractivity contribution in [1.29, 1.82) is 0 Å². The number of benzene rings is 1. The molecule has 2 N–H and O–H groups in total. The summed E-state index contributed by atoms with van der Waals surface area (Å²) in [7, 11) is 0. The monoisotopic (exact) mass is 379 g/mol. The maximum Gasteiger partial charge on any atom is 0.305 e. The Morgan fingerprint density at radius 3 is 2.73 bits per heavy atom. The zero-order chi connectivity index (χ0) is 18.7. The number of carboxylic acids is 1. The maximum atomic E-state index is 13.7. The van der Waals surface area contributed by atoms with E-state index in [-0.39, 0.29) is 17.1 Å². The van der Waals surface area contributed by atoms with Gasteiger partial charge in [-0.25, -0.2) is 4.39 Å². The van der Waals surface area contributed by atoms with Gasteiger partial charge in [-0.1, -0.05) is 30.5 Å². The first-order valence-corrected chi connectivity index (χ1v) is 8.84. The Labute approximate surface area is 155 Å². The minimum Gasteiger partial charge on any atom is -0.481 e. The highest BCUT2D eigenvalue weighted by atomic mass is 35.5. The number of hydrogen-bond acceptors (Lipinski definition) is 3. The van der Waals surface area contributed by atoms with Crippen LogP contribution in [-0.4, -0.2) is 26.8 Å². The minimum absolute atomic E-state index is 0.0653. The number of hydrogen-bond donors (Lipinski definition) is 2. The van der Waals surface area contributed by atoms with Gasteiger partial charge in [-0.15, -0.1) is 0 Å². The number of rotatable bonds is 6. The Balaban J connectivity index is 1.76. The lowest BCUT2D eigenvalue weighted by Gasteiger charge is -2.17. The summed E-state index contributed by atoms with van der Waals surface area (Å²) >= 11 is 5.67. The smallest absolute Gasteiger partial charge is 0.305 e. The van der Waals surface area contributed by atoms with Crippen molar-refractivity contribution in [3.05, 3.63) is 52.6 Å². The predicted octanol–water partition coefficient (Wildman–Crippen LogP) is 3.74. The zero-order valence-electron chi connectivity index (χ0n) is 14.0. The molecule has 1 amide bonds. The number of carbonyl (C=O) groups is 2. The molecule has 1 saturated carbocycles. The van der Waals surface area contributed by atoms with Gasteiger partial charge in [-0.3, -0.25) is 14.3 Å². The topological polar surface area (TPSA) is 84.2 Å². The number of nitrogens with one attached hydrogen (secondary N) is 1. The van der Waals surface area contributed by atoms with Crippen molar-refractivity contribution in [1.82, 2.24) is 15.1 Å². The number of carboxylic acid groups (broad SMARTS) is 1. The number of halogens is 2. The van der Waals surface area contributed by atoms with Crippen molar-refractivity contribution >= 4 is 23.5 Å². The van der Waals surface area contributed by atoms with Crippen molar-refractivity contribution in [2.45, 2.75) is 44.2 Å². The highest BCUT2D eigenvalue weighted by Crippen LogP contribution is 2.29. The van der Waals surface area contributed by atoms with Crippen LogP contribution in [0, 0.1) is 5.82 Å². The van der Waals surface area contributed by atoms with Crippen molar-refractivity contribution < 1.29 is 19.1 Å². The van der Waals surface area contributed by atoms with E-state index in [2.05, 4.69) is 10.4 Å². The van der Waals surface area contributed by atoms with E-state index in [0.717, 1.165) is 31.7 Å². The van der Waals surface area contributed by atoms with Crippen LogP contribution in [0.25, 0.3) is 0 Å². The summed E-state index contributed by atoms with van der Waals surface area (Å²) in [5.74, 6) is -2.27. The van der Waals surface area contributed by atoms with Gasteiger partial charge in [0.25, 0.3) is 5.91 Å². The first kappa shape index (κ1) is 18.4. The molecular weight excluding hydrogens is 361 g/mol. The molecule has 0 saturated heterocycles. The van der Waals surface area contributed by atoms with Gasteiger partial charge in [0, 0.05) is 6.20 Å². The average molecular weight is 380 g/mol. The third-order valence-electron chi connectivity index (χ3n) is 4.57. The number of amides is 1. The van der Waals surface area contributed by atoms with E-state index in [4.69, 9.17) is 16.7 Å². The van der Waals surface area contributed by atoms with E-state index in [9.17, 15) is 14.0 Å². The van der Waals surface area contributed by atoms with Gasteiger partial charge in [-0.05, 0) is 36.6 Å². The summed E-state index contributed by atoms with van der Waals surface area (Å²) in [4.78, 5) is 23.6. The molecule has 1 heterocycles. The maximum absolute atomic E-state index is 13.7. The lowest BCUT2D eigenvalue weighted by molar-refractivity contribution is -0.137.